The van der Waals surface area contributed by atoms with Crippen molar-refractivity contribution in [2.45, 2.75) is 43.5 Å². The van der Waals surface area contributed by atoms with Crippen molar-refractivity contribution in [1.29, 1.82) is 0 Å². The second-order valence-corrected chi connectivity index (χ2v) is 6.54. The molecule has 116 valence electrons. The average molecular weight is 307 g/mol. The molecule has 21 heavy (non-hydrogen) atoms. The molecular weight excluding hydrogens is 282 g/mol. The molecule has 4 heteroatoms. The summed E-state index contributed by atoms with van der Waals surface area (Å²) in [6.45, 7) is 5.29. The predicted molar refractivity (Wildman–Crippen MR) is 87.5 cm³/mol. The predicted octanol–water partition coefficient (Wildman–Crippen LogP) is 3.49. The van der Waals surface area contributed by atoms with Crippen molar-refractivity contribution in [2.24, 2.45) is 5.92 Å². The lowest BCUT2D eigenvalue weighted by Gasteiger charge is -2.32. The van der Waals surface area contributed by atoms with Crippen LogP contribution in [0.2, 0.25) is 0 Å². The molecule has 0 bridgehead atoms. The number of nitrogens with one attached hydrogen (secondary N) is 1. The van der Waals surface area contributed by atoms with Gasteiger partial charge in [0.2, 0.25) is 0 Å². The fourth-order valence-electron chi connectivity index (χ4n) is 2.51. The molecule has 1 aromatic rings. The summed E-state index contributed by atoms with van der Waals surface area (Å²) in [4.78, 5) is 13.8. The van der Waals surface area contributed by atoms with E-state index < -0.39 is 5.54 Å². The van der Waals surface area contributed by atoms with Crippen LogP contribution < -0.4 is 5.32 Å². The van der Waals surface area contributed by atoms with Crippen LogP contribution in [0.15, 0.2) is 35.2 Å². The van der Waals surface area contributed by atoms with E-state index >= 15 is 0 Å². The highest BCUT2D eigenvalue weighted by Crippen LogP contribution is 2.43. The Bertz CT molecular complexity index is 447. The fraction of sp³-hybridized carbons (Fsp3) is 0.588. The van der Waals surface area contributed by atoms with E-state index in [2.05, 4.69) is 24.4 Å². The van der Waals surface area contributed by atoms with Gasteiger partial charge in [0.05, 0.1) is 6.61 Å². The van der Waals surface area contributed by atoms with Crippen molar-refractivity contribution in [3.05, 3.63) is 30.3 Å². The van der Waals surface area contributed by atoms with Gasteiger partial charge >= 0.3 is 5.97 Å². The van der Waals surface area contributed by atoms with Gasteiger partial charge in [0.1, 0.15) is 5.54 Å². The van der Waals surface area contributed by atoms with Gasteiger partial charge in [-0.25, -0.2) is 0 Å². The molecule has 3 nitrogen and oxygen atoms in total. The second-order valence-electron chi connectivity index (χ2n) is 5.49. The van der Waals surface area contributed by atoms with Gasteiger partial charge in [0.25, 0.3) is 0 Å². The topological polar surface area (TPSA) is 38.3 Å². The molecule has 0 saturated heterocycles. The minimum atomic E-state index is -0.521. The van der Waals surface area contributed by atoms with E-state index in [1.807, 2.05) is 25.1 Å². The van der Waals surface area contributed by atoms with Crippen molar-refractivity contribution in [2.75, 3.05) is 18.9 Å². The standard InChI is InChI=1S/C17H25NO2S/c1-3-12-18-17(14-10-11-14,16(19)20-4-2)13-21-15-8-6-5-7-9-15/h5-9,14,18H,3-4,10-13H2,1-2H3. The highest BCUT2D eigenvalue weighted by molar-refractivity contribution is 7.99. The van der Waals surface area contributed by atoms with Gasteiger partial charge in [-0.15, -0.1) is 11.8 Å². The lowest BCUT2D eigenvalue weighted by atomic mass is 9.95. The highest BCUT2D eigenvalue weighted by Gasteiger charge is 2.51. The van der Waals surface area contributed by atoms with Gasteiger partial charge in [-0.2, -0.15) is 0 Å². The summed E-state index contributed by atoms with van der Waals surface area (Å²) in [5, 5.41) is 3.50. The number of rotatable bonds is 9. The molecule has 2 rings (SSSR count). The zero-order valence-electron chi connectivity index (χ0n) is 12.9. The summed E-state index contributed by atoms with van der Waals surface area (Å²) in [5.41, 5.74) is -0.521. The average Bonchev–Trinajstić information content (AvgIpc) is 3.34. The number of hydrogen-bond donors (Lipinski definition) is 1. The Morgan fingerprint density at radius 2 is 2.05 bits per heavy atom. The summed E-state index contributed by atoms with van der Waals surface area (Å²) < 4.78 is 5.38. The Morgan fingerprint density at radius 1 is 1.33 bits per heavy atom. The molecular formula is C17H25NO2S. The molecule has 1 N–H and O–H groups in total. The lowest BCUT2D eigenvalue weighted by molar-refractivity contribution is -0.151. The SMILES string of the molecule is CCCNC(CSc1ccccc1)(C(=O)OCC)C1CC1. The first-order chi connectivity index (χ1) is 10.2. The van der Waals surface area contributed by atoms with Gasteiger partial charge < -0.3 is 10.1 Å². The summed E-state index contributed by atoms with van der Waals surface area (Å²) in [6, 6.07) is 10.3. The van der Waals surface area contributed by atoms with Crippen LogP contribution in [0.4, 0.5) is 0 Å². The molecule has 1 aliphatic rings. The molecule has 1 aromatic carbocycles. The quantitative estimate of drug-likeness (QED) is 0.560. The van der Waals surface area contributed by atoms with Gasteiger partial charge in [-0.1, -0.05) is 25.1 Å². The van der Waals surface area contributed by atoms with Gasteiger partial charge in [-0.05, 0) is 50.8 Å². The molecule has 1 unspecified atom stereocenters. The molecule has 1 aliphatic carbocycles. The summed E-state index contributed by atoms with van der Waals surface area (Å²) >= 11 is 1.74. The summed E-state index contributed by atoms with van der Waals surface area (Å²) in [6.07, 6.45) is 3.25. The Balaban J connectivity index is 2.11. The van der Waals surface area contributed by atoms with Crippen LogP contribution in [0.1, 0.15) is 33.1 Å². The number of benzene rings is 1. The molecule has 1 fully saturated rings. The number of ether oxygens (including phenoxy) is 1. The third-order valence-corrected chi connectivity index (χ3v) is 5.02. The maximum atomic E-state index is 12.6. The van der Waals surface area contributed by atoms with Crippen molar-refractivity contribution in [1.82, 2.24) is 5.32 Å². The number of carbonyl (C=O) groups is 1. The maximum absolute atomic E-state index is 12.6. The third-order valence-electron chi connectivity index (χ3n) is 3.81. The van der Waals surface area contributed by atoms with E-state index in [4.69, 9.17) is 4.74 Å². The van der Waals surface area contributed by atoms with Gasteiger partial charge in [-0.3, -0.25) is 4.79 Å². The summed E-state index contributed by atoms with van der Waals surface area (Å²) in [7, 11) is 0. The lowest BCUT2D eigenvalue weighted by Crippen LogP contribution is -2.57. The van der Waals surface area contributed by atoms with Gasteiger partial charge in [0, 0.05) is 10.6 Å². The van der Waals surface area contributed by atoms with E-state index in [1.165, 1.54) is 4.90 Å². The number of thioether (sulfide) groups is 1. The first-order valence-electron chi connectivity index (χ1n) is 7.83. The van der Waals surface area contributed by atoms with Crippen LogP contribution >= 0.6 is 11.8 Å². The molecule has 1 saturated carbocycles. The van der Waals surface area contributed by atoms with E-state index in [9.17, 15) is 4.79 Å². The van der Waals surface area contributed by atoms with Crippen molar-refractivity contribution in [3.63, 3.8) is 0 Å². The number of hydrogen-bond acceptors (Lipinski definition) is 4. The highest BCUT2D eigenvalue weighted by atomic mass is 32.2. The Hall–Kier alpha value is -1.00. The first-order valence-corrected chi connectivity index (χ1v) is 8.81. The molecule has 1 atom stereocenters. The van der Waals surface area contributed by atoms with E-state index in [1.54, 1.807) is 11.8 Å². The molecule has 0 amide bonds. The fourth-order valence-corrected chi connectivity index (χ4v) is 3.71. The maximum Gasteiger partial charge on any atom is 0.327 e. The number of carbonyl (C=O) groups excluding carboxylic acids is 1. The Labute approximate surface area is 131 Å². The molecule has 0 spiro atoms. The monoisotopic (exact) mass is 307 g/mol. The van der Waals surface area contributed by atoms with E-state index in [-0.39, 0.29) is 5.97 Å². The smallest absolute Gasteiger partial charge is 0.327 e. The number of esters is 1. The zero-order valence-corrected chi connectivity index (χ0v) is 13.7. The molecule has 0 aliphatic heterocycles. The van der Waals surface area contributed by atoms with Crippen LogP contribution in [-0.4, -0.2) is 30.4 Å². The van der Waals surface area contributed by atoms with Crippen LogP contribution in [0.3, 0.4) is 0 Å². The van der Waals surface area contributed by atoms with Crippen LogP contribution in [0, 0.1) is 5.92 Å². The first kappa shape index (κ1) is 16.4. The normalized spacial score (nSPS) is 17.2. The Kier molecular flexibility index (Phi) is 6.12. The van der Waals surface area contributed by atoms with Crippen LogP contribution in [0.25, 0.3) is 0 Å². The molecule has 0 heterocycles. The zero-order chi connectivity index (χ0) is 15.1. The van der Waals surface area contributed by atoms with Crippen molar-refractivity contribution < 1.29 is 9.53 Å². The second kappa shape index (κ2) is 7.85. The van der Waals surface area contributed by atoms with E-state index in [0.29, 0.717) is 12.5 Å². The van der Waals surface area contributed by atoms with Crippen LogP contribution in [-0.2, 0) is 9.53 Å². The van der Waals surface area contributed by atoms with Crippen LogP contribution in [0.5, 0.6) is 0 Å². The summed E-state index contributed by atoms with van der Waals surface area (Å²) in [5.74, 6) is 1.07. The van der Waals surface area contributed by atoms with Crippen molar-refractivity contribution in [3.8, 4) is 0 Å². The minimum Gasteiger partial charge on any atom is -0.465 e. The van der Waals surface area contributed by atoms with Crippen molar-refractivity contribution >= 4 is 17.7 Å². The minimum absolute atomic E-state index is 0.0793. The Morgan fingerprint density at radius 3 is 2.62 bits per heavy atom. The van der Waals surface area contributed by atoms with Gasteiger partial charge in [0.15, 0.2) is 0 Å². The molecule has 0 radical (unpaired) electrons. The third kappa shape index (κ3) is 4.24. The van der Waals surface area contributed by atoms with E-state index in [0.717, 1.165) is 31.6 Å². The molecule has 0 aromatic heterocycles. The largest absolute Gasteiger partial charge is 0.465 e.